The van der Waals surface area contributed by atoms with Gasteiger partial charge in [-0.05, 0) is 58.2 Å². The molecule has 1 saturated heterocycles. The van der Waals surface area contributed by atoms with Crippen LogP contribution in [0.25, 0.3) is 10.9 Å². The number of piperazine rings is 1. The van der Waals surface area contributed by atoms with Crippen molar-refractivity contribution in [3.05, 3.63) is 58.7 Å². The van der Waals surface area contributed by atoms with Gasteiger partial charge in [0.1, 0.15) is 0 Å². The Morgan fingerprint density at radius 2 is 1.85 bits per heavy atom. The third-order valence-corrected chi connectivity index (χ3v) is 6.54. The highest BCUT2D eigenvalue weighted by atomic mass is 79.9. The smallest absolute Gasteiger partial charge is 0.265 e. The summed E-state index contributed by atoms with van der Waals surface area (Å²) < 4.78 is 30.1. The number of benzene rings is 2. The Labute approximate surface area is 163 Å². The lowest BCUT2D eigenvalue weighted by Gasteiger charge is -2.29. The van der Waals surface area contributed by atoms with Crippen LogP contribution >= 0.6 is 27.9 Å². The van der Waals surface area contributed by atoms with E-state index in [0.29, 0.717) is 5.39 Å². The fourth-order valence-electron chi connectivity index (χ4n) is 3.21. The van der Waals surface area contributed by atoms with Gasteiger partial charge in [-0.25, -0.2) is 8.78 Å². The van der Waals surface area contributed by atoms with Crippen molar-refractivity contribution in [2.24, 2.45) is 0 Å². The van der Waals surface area contributed by atoms with Crippen molar-refractivity contribution < 1.29 is 8.78 Å². The van der Waals surface area contributed by atoms with Crippen LogP contribution in [0.15, 0.2) is 58.0 Å². The molecule has 1 fully saturated rings. The van der Waals surface area contributed by atoms with Crippen molar-refractivity contribution in [2.45, 2.75) is 11.3 Å². The number of rotatable bonds is 4. The van der Waals surface area contributed by atoms with Gasteiger partial charge in [-0.1, -0.05) is 12.1 Å². The zero-order valence-corrected chi connectivity index (χ0v) is 16.4. The summed E-state index contributed by atoms with van der Waals surface area (Å²) in [6.07, 6.45) is -0.946. The largest absolute Gasteiger partial charge is 0.369 e. The summed E-state index contributed by atoms with van der Waals surface area (Å²) in [5.74, 6) is 0. The number of hydrogen-bond acceptors (Lipinski definition) is 3. The second-order valence-electron chi connectivity index (χ2n) is 6.17. The number of anilines is 1. The molecule has 1 aliphatic heterocycles. The molecule has 0 atom stereocenters. The summed E-state index contributed by atoms with van der Waals surface area (Å²) >= 11 is 4.96. The van der Waals surface area contributed by atoms with Crippen molar-refractivity contribution in [3.63, 3.8) is 0 Å². The zero-order valence-electron chi connectivity index (χ0n) is 14.0. The van der Waals surface area contributed by atoms with E-state index < -0.39 is 6.43 Å². The van der Waals surface area contributed by atoms with E-state index in [1.54, 1.807) is 6.20 Å². The fraction of sp³-hybridized carbons (Fsp3) is 0.263. The standard InChI is InChI=1S/C19H18BrF2N3S/c20-16-3-1-2-4-18(16)26-25-12-15(19(21)22)14-11-13(5-6-17(14)25)24-9-7-23-8-10-24/h1-6,11-12,19,23H,7-10H2. The van der Waals surface area contributed by atoms with Crippen LogP contribution < -0.4 is 10.2 Å². The second-order valence-corrected chi connectivity index (χ2v) is 8.04. The summed E-state index contributed by atoms with van der Waals surface area (Å²) in [7, 11) is 0. The molecule has 1 N–H and O–H groups in total. The molecule has 1 aliphatic rings. The van der Waals surface area contributed by atoms with E-state index in [4.69, 9.17) is 0 Å². The number of fused-ring (bicyclic) bond motifs is 1. The Hall–Kier alpha value is -1.57. The molecular weight excluding hydrogens is 420 g/mol. The molecule has 0 spiro atoms. The van der Waals surface area contributed by atoms with E-state index in [0.717, 1.165) is 46.8 Å². The molecular formula is C19H18BrF2N3S. The van der Waals surface area contributed by atoms with Crippen LogP contribution in [0.4, 0.5) is 14.5 Å². The molecule has 1 aromatic heterocycles. The van der Waals surface area contributed by atoms with E-state index >= 15 is 0 Å². The van der Waals surface area contributed by atoms with E-state index in [2.05, 4.69) is 26.1 Å². The Balaban J connectivity index is 1.76. The van der Waals surface area contributed by atoms with Crippen molar-refractivity contribution in [1.29, 1.82) is 0 Å². The number of nitrogens with one attached hydrogen (secondary N) is 1. The number of halogens is 3. The monoisotopic (exact) mass is 437 g/mol. The fourth-order valence-corrected chi connectivity index (χ4v) is 4.64. The summed E-state index contributed by atoms with van der Waals surface area (Å²) in [5.41, 5.74) is 1.89. The number of alkyl halides is 2. The average Bonchev–Trinajstić information content (AvgIpc) is 3.02. The lowest BCUT2D eigenvalue weighted by atomic mass is 10.1. The summed E-state index contributed by atoms with van der Waals surface area (Å²) in [4.78, 5) is 3.22. The van der Waals surface area contributed by atoms with Gasteiger partial charge in [0, 0.05) is 58.4 Å². The summed E-state index contributed by atoms with van der Waals surface area (Å²) in [6, 6.07) is 13.7. The maximum absolute atomic E-state index is 13.6. The Kier molecular flexibility index (Phi) is 5.20. The number of aromatic nitrogens is 1. The van der Waals surface area contributed by atoms with Gasteiger partial charge in [0.15, 0.2) is 0 Å². The zero-order chi connectivity index (χ0) is 18.1. The van der Waals surface area contributed by atoms with Gasteiger partial charge in [-0.2, -0.15) is 0 Å². The Morgan fingerprint density at radius 3 is 2.58 bits per heavy atom. The summed E-state index contributed by atoms with van der Waals surface area (Å²) in [5, 5.41) is 3.94. The first kappa shape index (κ1) is 17.8. The van der Waals surface area contributed by atoms with Crippen LogP contribution in [0.1, 0.15) is 12.0 Å². The molecule has 2 aromatic carbocycles. The molecule has 0 radical (unpaired) electrons. The van der Waals surface area contributed by atoms with Gasteiger partial charge in [0.25, 0.3) is 6.43 Å². The molecule has 4 rings (SSSR count). The molecule has 0 aliphatic carbocycles. The normalized spacial score (nSPS) is 15.2. The molecule has 0 unspecified atom stereocenters. The van der Waals surface area contributed by atoms with Crippen molar-refractivity contribution >= 4 is 44.5 Å². The van der Waals surface area contributed by atoms with Crippen molar-refractivity contribution in [2.75, 3.05) is 31.1 Å². The van der Waals surface area contributed by atoms with Crippen LogP contribution in [-0.2, 0) is 0 Å². The van der Waals surface area contributed by atoms with E-state index in [1.807, 2.05) is 46.4 Å². The predicted molar refractivity (Wildman–Crippen MR) is 107 cm³/mol. The van der Waals surface area contributed by atoms with Gasteiger partial charge in [0.2, 0.25) is 0 Å². The first-order valence-corrected chi connectivity index (χ1v) is 10.0. The van der Waals surface area contributed by atoms with Gasteiger partial charge >= 0.3 is 0 Å². The summed E-state index contributed by atoms with van der Waals surface area (Å²) in [6.45, 7) is 3.61. The molecule has 2 heterocycles. The van der Waals surface area contributed by atoms with Gasteiger partial charge in [-0.3, -0.25) is 3.97 Å². The van der Waals surface area contributed by atoms with Crippen LogP contribution in [-0.4, -0.2) is 30.2 Å². The highest BCUT2D eigenvalue weighted by Gasteiger charge is 2.19. The Morgan fingerprint density at radius 1 is 1.08 bits per heavy atom. The minimum absolute atomic E-state index is 0.0801. The van der Waals surface area contributed by atoms with Crippen molar-refractivity contribution in [1.82, 2.24) is 9.29 Å². The highest BCUT2D eigenvalue weighted by Crippen LogP contribution is 2.37. The molecule has 0 amide bonds. The maximum Gasteiger partial charge on any atom is 0.265 e. The van der Waals surface area contributed by atoms with Crippen LogP contribution in [0.5, 0.6) is 0 Å². The SMILES string of the molecule is FC(F)c1cn(Sc2ccccc2Br)c2ccc(N3CCNCC3)cc12. The van der Waals surface area contributed by atoms with Crippen LogP contribution in [0, 0.1) is 0 Å². The lowest BCUT2D eigenvalue weighted by Crippen LogP contribution is -2.43. The van der Waals surface area contributed by atoms with E-state index in [-0.39, 0.29) is 5.56 Å². The predicted octanol–water partition coefficient (Wildman–Crippen LogP) is 5.31. The quantitative estimate of drug-likeness (QED) is 0.597. The maximum atomic E-state index is 13.6. The molecule has 0 saturated carbocycles. The highest BCUT2D eigenvalue weighted by molar-refractivity contribution is 9.10. The van der Waals surface area contributed by atoms with Crippen molar-refractivity contribution in [3.8, 4) is 0 Å². The van der Waals surface area contributed by atoms with E-state index in [9.17, 15) is 8.78 Å². The molecule has 136 valence electrons. The molecule has 26 heavy (non-hydrogen) atoms. The number of nitrogens with zero attached hydrogens (tertiary/aromatic N) is 2. The minimum Gasteiger partial charge on any atom is -0.369 e. The van der Waals surface area contributed by atoms with Gasteiger partial charge in [-0.15, -0.1) is 0 Å². The van der Waals surface area contributed by atoms with Crippen LogP contribution in [0.2, 0.25) is 0 Å². The minimum atomic E-state index is -2.50. The third kappa shape index (κ3) is 3.48. The Bertz CT molecular complexity index is 922. The molecule has 3 aromatic rings. The van der Waals surface area contributed by atoms with E-state index in [1.165, 1.54) is 11.9 Å². The third-order valence-electron chi connectivity index (χ3n) is 4.54. The average molecular weight is 438 g/mol. The molecule has 7 heteroatoms. The lowest BCUT2D eigenvalue weighted by molar-refractivity contribution is 0.153. The molecule has 3 nitrogen and oxygen atoms in total. The van der Waals surface area contributed by atoms with Crippen LogP contribution in [0.3, 0.4) is 0 Å². The first-order valence-electron chi connectivity index (χ1n) is 8.45. The van der Waals surface area contributed by atoms with Gasteiger partial charge in [0.05, 0.1) is 5.52 Å². The topological polar surface area (TPSA) is 20.2 Å². The molecule has 0 bridgehead atoms. The second kappa shape index (κ2) is 7.58. The first-order chi connectivity index (χ1) is 12.6. The number of hydrogen-bond donors (Lipinski definition) is 1. The van der Waals surface area contributed by atoms with Gasteiger partial charge < -0.3 is 10.2 Å².